The van der Waals surface area contributed by atoms with E-state index in [4.69, 9.17) is 9.84 Å². The van der Waals surface area contributed by atoms with Gasteiger partial charge < -0.3 is 20.1 Å². The molecule has 122 valence electrons. The molecule has 0 aromatic rings. The molecule has 21 heavy (non-hydrogen) atoms. The number of carbonyl (C=O) groups is 2. The van der Waals surface area contributed by atoms with Crippen LogP contribution in [0.5, 0.6) is 0 Å². The fourth-order valence-electron chi connectivity index (χ4n) is 2.24. The fourth-order valence-corrected chi connectivity index (χ4v) is 2.24. The van der Waals surface area contributed by atoms with E-state index in [2.05, 4.69) is 10.2 Å². The van der Waals surface area contributed by atoms with Gasteiger partial charge in [-0.2, -0.15) is 0 Å². The lowest BCUT2D eigenvalue weighted by Gasteiger charge is -2.29. The highest BCUT2D eigenvalue weighted by atomic mass is 16.5. The van der Waals surface area contributed by atoms with Crippen molar-refractivity contribution in [2.45, 2.75) is 32.7 Å². The zero-order valence-electron chi connectivity index (χ0n) is 13.0. The van der Waals surface area contributed by atoms with Crippen LogP contribution in [-0.2, 0) is 9.53 Å². The molecular formula is C14H27N3O4. The van der Waals surface area contributed by atoms with E-state index < -0.39 is 5.97 Å². The summed E-state index contributed by atoms with van der Waals surface area (Å²) in [5.41, 5.74) is 0. The van der Waals surface area contributed by atoms with Crippen LogP contribution < -0.4 is 5.32 Å². The van der Waals surface area contributed by atoms with Crippen LogP contribution >= 0.6 is 0 Å². The van der Waals surface area contributed by atoms with Crippen LogP contribution in [0.25, 0.3) is 0 Å². The normalized spacial score (nSPS) is 16.0. The van der Waals surface area contributed by atoms with Crippen molar-refractivity contribution in [1.82, 2.24) is 15.1 Å². The van der Waals surface area contributed by atoms with Crippen molar-refractivity contribution < 1.29 is 19.4 Å². The summed E-state index contributed by atoms with van der Waals surface area (Å²) in [5, 5.41) is 11.6. The molecule has 0 aromatic heterocycles. The summed E-state index contributed by atoms with van der Waals surface area (Å²) < 4.78 is 5.28. The highest BCUT2D eigenvalue weighted by Gasteiger charge is 2.17. The van der Waals surface area contributed by atoms with Gasteiger partial charge in [-0.1, -0.05) is 0 Å². The Morgan fingerprint density at radius 1 is 1.33 bits per heavy atom. The van der Waals surface area contributed by atoms with Crippen LogP contribution in [0.15, 0.2) is 0 Å². The summed E-state index contributed by atoms with van der Waals surface area (Å²) in [4.78, 5) is 26.6. The Balaban J connectivity index is 2.26. The Bertz CT molecular complexity index is 330. The van der Waals surface area contributed by atoms with Crippen LogP contribution in [0.2, 0.25) is 0 Å². The van der Waals surface area contributed by atoms with E-state index in [0.717, 1.165) is 32.8 Å². The van der Waals surface area contributed by atoms with E-state index in [0.29, 0.717) is 19.5 Å². The number of nitrogens with one attached hydrogen (secondary N) is 1. The van der Waals surface area contributed by atoms with Crippen LogP contribution in [0, 0.1) is 0 Å². The van der Waals surface area contributed by atoms with Crippen LogP contribution in [0.1, 0.15) is 26.7 Å². The van der Waals surface area contributed by atoms with Gasteiger partial charge in [-0.3, -0.25) is 9.69 Å². The minimum Gasteiger partial charge on any atom is -0.481 e. The lowest BCUT2D eigenvalue weighted by atomic mass is 10.2. The minimum absolute atomic E-state index is 0.0576. The molecule has 0 unspecified atom stereocenters. The average molecular weight is 301 g/mol. The number of amides is 2. The molecule has 7 nitrogen and oxygen atoms in total. The van der Waals surface area contributed by atoms with Gasteiger partial charge in [-0.05, 0) is 20.3 Å². The van der Waals surface area contributed by atoms with Crippen molar-refractivity contribution in [2.75, 3.05) is 45.9 Å². The SMILES string of the molecule is CC(C)N(CCCC(=O)O)C(=O)NCCN1CCOCC1. The number of carboxylic acids is 1. The molecule has 0 atom stereocenters. The number of hydrogen-bond acceptors (Lipinski definition) is 4. The van der Waals surface area contributed by atoms with Gasteiger partial charge in [0, 0.05) is 45.2 Å². The number of morpholine rings is 1. The Morgan fingerprint density at radius 3 is 2.57 bits per heavy atom. The predicted molar refractivity (Wildman–Crippen MR) is 79.4 cm³/mol. The monoisotopic (exact) mass is 301 g/mol. The molecule has 1 heterocycles. The van der Waals surface area contributed by atoms with Crippen molar-refractivity contribution in [3.05, 3.63) is 0 Å². The molecule has 0 saturated carbocycles. The molecule has 0 radical (unpaired) electrons. The second-order valence-electron chi connectivity index (χ2n) is 5.47. The zero-order valence-corrected chi connectivity index (χ0v) is 13.0. The standard InChI is InChI=1S/C14H27N3O4/c1-12(2)17(6-3-4-13(18)19)14(20)15-5-7-16-8-10-21-11-9-16/h12H,3-11H2,1-2H3,(H,15,20)(H,18,19). The van der Waals surface area contributed by atoms with E-state index >= 15 is 0 Å². The lowest BCUT2D eigenvalue weighted by Crippen LogP contribution is -2.47. The highest BCUT2D eigenvalue weighted by Crippen LogP contribution is 2.03. The van der Waals surface area contributed by atoms with E-state index in [1.54, 1.807) is 4.90 Å². The van der Waals surface area contributed by atoms with Crippen molar-refractivity contribution in [2.24, 2.45) is 0 Å². The summed E-state index contributed by atoms with van der Waals surface area (Å²) >= 11 is 0. The van der Waals surface area contributed by atoms with Gasteiger partial charge in [-0.15, -0.1) is 0 Å². The van der Waals surface area contributed by atoms with E-state index in [1.807, 2.05) is 13.8 Å². The summed E-state index contributed by atoms with van der Waals surface area (Å²) in [7, 11) is 0. The van der Waals surface area contributed by atoms with Gasteiger partial charge in [0.25, 0.3) is 0 Å². The molecule has 0 aliphatic carbocycles. The summed E-state index contributed by atoms with van der Waals surface area (Å²) in [6, 6.07) is -0.0640. The average Bonchev–Trinajstić information content (AvgIpc) is 2.44. The van der Waals surface area contributed by atoms with Gasteiger partial charge in [0.15, 0.2) is 0 Å². The summed E-state index contributed by atoms with van der Waals surface area (Å²) in [6.07, 6.45) is 0.564. The van der Waals surface area contributed by atoms with Crippen molar-refractivity contribution >= 4 is 12.0 Å². The third-order valence-corrected chi connectivity index (χ3v) is 3.48. The molecule has 2 N–H and O–H groups in total. The van der Waals surface area contributed by atoms with E-state index in [9.17, 15) is 9.59 Å². The second kappa shape index (κ2) is 9.57. The molecule has 1 aliphatic heterocycles. The molecule has 7 heteroatoms. The van der Waals surface area contributed by atoms with Crippen molar-refractivity contribution in [3.8, 4) is 0 Å². The zero-order chi connectivity index (χ0) is 15.7. The number of carbonyl (C=O) groups excluding carboxylic acids is 1. The number of rotatable bonds is 8. The number of hydrogen-bond donors (Lipinski definition) is 2. The molecule has 2 amide bonds. The van der Waals surface area contributed by atoms with E-state index in [1.165, 1.54) is 0 Å². The molecule has 0 aromatic carbocycles. The maximum atomic E-state index is 12.1. The molecular weight excluding hydrogens is 274 g/mol. The Hall–Kier alpha value is -1.34. The van der Waals surface area contributed by atoms with Crippen molar-refractivity contribution in [3.63, 3.8) is 0 Å². The Labute approximate surface area is 126 Å². The summed E-state index contributed by atoms with van der Waals surface area (Å²) in [6.45, 7) is 9.06. The van der Waals surface area contributed by atoms with Crippen LogP contribution in [0.3, 0.4) is 0 Å². The first-order chi connectivity index (χ1) is 10.0. The number of carboxylic acid groups (broad SMARTS) is 1. The minimum atomic E-state index is -0.827. The molecule has 0 spiro atoms. The molecule has 1 rings (SSSR count). The predicted octanol–water partition coefficient (Wildman–Crippen LogP) is 0.603. The van der Waals surface area contributed by atoms with Crippen LogP contribution in [-0.4, -0.2) is 78.9 Å². The third-order valence-electron chi connectivity index (χ3n) is 3.48. The van der Waals surface area contributed by atoms with Gasteiger partial charge in [-0.25, -0.2) is 4.79 Å². The first-order valence-corrected chi connectivity index (χ1v) is 7.57. The Kier molecular flexibility index (Phi) is 8.07. The molecule has 1 aliphatic rings. The number of aliphatic carboxylic acids is 1. The first kappa shape index (κ1) is 17.7. The van der Waals surface area contributed by atoms with Crippen LogP contribution in [0.4, 0.5) is 4.79 Å². The molecule has 0 bridgehead atoms. The topological polar surface area (TPSA) is 82.1 Å². The van der Waals surface area contributed by atoms with Gasteiger partial charge in [0.1, 0.15) is 0 Å². The maximum Gasteiger partial charge on any atom is 0.317 e. The quantitative estimate of drug-likeness (QED) is 0.686. The fraction of sp³-hybridized carbons (Fsp3) is 0.857. The van der Waals surface area contributed by atoms with Gasteiger partial charge in [0.05, 0.1) is 13.2 Å². The number of nitrogens with zero attached hydrogens (tertiary/aromatic N) is 2. The molecule has 1 fully saturated rings. The highest BCUT2D eigenvalue weighted by molar-refractivity contribution is 5.74. The largest absolute Gasteiger partial charge is 0.481 e. The lowest BCUT2D eigenvalue weighted by molar-refractivity contribution is -0.137. The van der Waals surface area contributed by atoms with Gasteiger partial charge >= 0.3 is 12.0 Å². The maximum absolute atomic E-state index is 12.1. The second-order valence-corrected chi connectivity index (χ2v) is 5.47. The Morgan fingerprint density at radius 2 is 2.00 bits per heavy atom. The van der Waals surface area contributed by atoms with Crippen molar-refractivity contribution in [1.29, 1.82) is 0 Å². The number of ether oxygens (including phenoxy) is 1. The number of urea groups is 1. The van der Waals surface area contributed by atoms with E-state index in [-0.39, 0.29) is 18.5 Å². The third kappa shape index (κ3) is 7.29. The smallest absolute Gasteiger partial charge is 0.317 e. The molecule has 1 saturated heterocycles. The summed E-state index contributed by atoms with van der Waals surface area (Å²) in [5.74, 6) is -0.827. The van der Waals surface area contributed by atoms with Gasteiger partial charge in [0.2, 0.25) is 0 Å². The first-order valence-electron chi connectivity index (χ1n) is 7.57.